The Morgan fingerprint density at radius 1 is 0.788 bits per heavy atom. The molecule has 8 heteroatoms. The standard InChI is InChI=1S/C25H25FN4O3/c1-16(2)28-25(33)30-21-11-9-18(10-12-21)23(31)27-15-17-5-3-8-22(13-17)29-24(32)19-6-4-7-20(26)14-19/h3-14,16H,15H2,1-2H3,(H,27,31)(H,29,32)(H2,28,30,33). The highest BCUT2D eigenvalue weighted by atomic mass is 19.1. The maximum atomic E-state index is 13.3. The second-order valence-corrected chi connectivity index (χ2v) is 7.68. The second-order valence-electron chi connectivity index (χ2n) is 7.68. The van der Waals surface area contributed by atoms with E-state index < -0.39 is 11.7 Å². The molecule has 0 saturated carbocycles. The largest absolute Gasteiger partial charge is 0.348 e. The number of anilines is 2. The van der Waals surface area contributed by atoms with Crippen molar-refractivity contribution in [1.29, 1.82) is 0 Å². The fourth-order valence-corrected chi connectivity index (χ4v) is 3.01. The molecule has 3 rings (SSSR count). The number of carbonyl (C=O) groups excluding carboxylic acids is 3. The Morgan fingerprint density at radius 2 is 1.52 bits per heavy atom. The highest BCUT2D eigenvalue weighted by molar-refractivity contribution is 6.04. The molecule has 3 aromatic carbocycles. The fraction of sp³-hybridized carbons (Fsp3) is 0.160. The van der Waals surface area contributed by atoms with Crippen LogP contribution in [-0.4, -0.2) is 23.9 Å². The zero-order valence-electron chi connectivity index (χ0n) is 18.3. The smallest absolute Gasteiger partial charge is 0.319 e. The molecule has 7 nitrogen and oxygen atoms in total. The molecule has 4 N–H and O–H groups in total. The minimum Gasteiger partial charge on any atom is -0.348 e. The zero-order valence-corrected chi connectivity index (χ0v) is 18.3. The average molecular weight is 448 g/mol. The molecular formula is C25H25FN4O3. The van der Waals surface area contributed by atoms with Gasteiger partial charge in [-0.05, 0) is 74.0 Å². The lowest BCUT2D eigenvalue weighted by Gasteiger charge is -2.11. The summed E-state index contributed by atoms with van der Waals surface area (Å²) in [6.07, 6.45) is 0. The molecule has 0 unspecified atom stereocenters. The Labute approximate surface area is 191 Å². The predicted octanol–water partition coefficient (Wildman–Crippen LogP) is 4.54. The number of rotatable bonds is 7. The van der Waals surface area contributed by atoms with Gasteiger partial charge in [-0.1, -0.05) is 18.2 Å². The number of hydrogen-bond acceptors (Lipinski definition) is 3. The van der Waals surface area contributed by atoms with Crippen molar-refractivity contribution in [3.8, 4) is 0 Å². The van der Waals surface area contributed by atoms with E-state index in [1.807, 2.05) is 19.9 Å². The van der Waals surface area contributed by atoms with E-state index in [1.54, 1.807) is 42.5 Å². The van der Waals surface area contributed by atoms with Crippen molar-refractivity contribution in [2.24, 2.45) is 0 Å². The van der Waals surface area contributed by atoms with Gasteiger partial charge in [0.25, 0.3) is 11.8 Å². The van der Waals surface area contributed by atoms with Crippen LogP contribution in [0.2, 0.25) is 0 Å². The summed E-state index contributed by atoms with van der Waals surface area (Å²) in [5.74, 6) is -1.18. The highest BCUT2D eigenvalue weighted by Crippen LogP contribution is 2.14. The van der Waals surface area contributed by atoms with Crippen LogP contribution in [-0.2, 0) is 6.54 Å². The van der Waals surface area contributed by atoms with E-state index in [0.717, 1.165) is 11.6 Å². The SMILES string of the molecule is CC(C)NC(=O)Nc1ccc(C(=O)NCc2cccc(NC(=O)c3cccc(F)c3)c2)cc1. The van der Waals surface area contributed by atoms with Crippen molar-refractivity contribution in [2.75, 3.05) is 10.6 Å². The molecule has 0 spiro atoms. The third-order valence-corrected chi connectivity index (χ3v) is 4.55. The van der Waals surface area contributed by atoms with Gasteiger partial charge in [0.15, 0.2) is 0 Å². The molecular weight excluding hydrogens is 423 g/mol. The van der Waals surface area contributed by atoms with Crippen LogP contribution in [0.15, 0.2) is 72.8 Å². The Morgan fingerprint density at radius 3 is 2.21 bits per heavy atom. The molecule has 0 saturated heterocycles. The van der Waals surface area contributed by atoms with Crippen LogP contribution in [0.4, 0.5) is 20.6 Å². The van der Waals surface area contributed by atoms with Gasteiger partial charge in [-0.25, -0.2) is 9.18 Å². The van der Waals surface area contributed by atoms with Crippen molar-refractivity contribution in [1.82, 2.24) is 10.6 Å². The van der Waals surface area contributed by atoms with E-state index >= 15 is 0 Å². The molecule has 0 aliphatic rings. The topological polar surface area (TPSA) is 99.3 Å². The van der Waals surface area contributed by atoms with Crippen molar-refractivity contribution < 1.29 is 18.8 Å². The summed E-state index contributed by atoms with van der Waals surface area (Å²) in [6, 6.07) is 18.7. The molecule has 0 bridgehead atoms. The summed E-state index contributed by atoms with van der Waals surface area (Å²) >= 11 is 0. The van der Waals surface area contributed by atoms with Gasteiger partial charge in [-0.2, -0.15) is 0 Å². The van der Waals surface area contributed by atoms with E-state index in [0.29, 0.717) is 16.9 Å². The second kappa shape index (κ2) is 10.9. The molecule has 170 valence electrons. The van der Waals surface area contributed by atoms with Gasteiger partial charge in [-0.3, -0.25) is 9.59 Å². The van der Waals surface area contributed by atoms with Gasteiger partial charge in [0.2, 0.25) is 0 Å². The van der Waals surface area contributed by atoms with Crippen LogP contribution >= 0.6 is 0 Å². The molecule has 0 radical (unpaired) electrons. The summed E-state index contributed by atoms with van der Waals surface area (Å²) in [4.78, 5) is 36.5. The van der Waals surface area contributed by atoms with Crippen molar-refractivity contribution in [2.45, 2.75) is 26.4 Å². The molecule has 3 aromatic rings. The maximum Gasteiger partial charge on any atom is 0.319 e. The van der Waals surface area contributed by atoms with Crippen molar-refractivity contribution in [3.63, 3.8) is 0 Å². The van der Waals surface area contributed by atoms with E-state index in [9.17, 15) is 18.8 Å². The average Bonchev–Trinajstić information content (AvgIpc) is 2.77. The highest BCUT2D eigenvalue weighted by Gasteiger charge is 2.09. The van der Waals surface area contributed by atoms with E-state index in [2.05, 4.69) is 21.3 Å². The van der Waals surface area contributed by atoms with Gasteiger partial charge in [0.05, 0.1) is 0 Å². The number of amides is 4. The third kappa shape index (κ3) is 7.17. The molecule has 4 amide bonds. The van der Waals surface area contributed by atoms with Gasteiger partial charge >= 0.3 is 6.03 Å². The summed E-state index contributed by atoms with van der Waals surface area (Å²) < 4.78 is 13.3. The van der Waals surface area contributed by atoms with Crippen LogP contribution in [0, 0.1) is 5.82 Å². The van der Waals surface area contributed by atoms with E-state index in [-0.39, 0.29) is 30.1 Å². The Balaban J connectivity index is 1.55. The minimum absolute atomic E-state index is 0.0169. The van der Waals surface area contributed by atoms with Crippen LogP contribution in [0.1, 0.15) is 40.1 Å². The normalized spacial score (nSPS) is 10.4. The lowest BCUT2D eigenvalue weighted by molar-refractivity contribution is 0.0950. The van der Waals surface area contributed by atoms with E-state index in [4.69, 9.17) is 0 Å². The van der Waals surface area contributed by atoms with Crippen LogP contribution < -0.4 is 21.3 Å². The number of carbonyl (C=O) groups is 3. The first-order valence-corrected chi connectivity index (χ1v) is 10.4. The lowest BCUT2D eigenvalue weighted by atomic mass is 10.1. The first kappa shape index (κ1) is 23.5. The number of halogens is 1. The van der Waals surface area contributed by atoms with Crippen molar-refractivity contribution >= 4 is 29.2 Å². The third-order valence-electron chi connectivity index (χ3n) is 4.55. The van der Waals surface area contributed by atoms with Gasteiger partial charge in [0.1, 0.15) is 5.82 Å². The molecule has 0 aliphatic heterocycles. The van der Waals surface area contributed by atoms with E-state index in [1.165, 1.54) is 18.2 Å². The summed E-state index contributed by atoms with van der Waals surface area (Å²) in [6.45, 7) is 3.97. The number of urea groups is 1. The molecule has 0 heterocycles. The molecule has 0 atom stereocenters. The molecule has 0 fully saturated rings. The van der Waals surface area contributed by atoms with Crippen LogP contribution in [0.3, 0.4) is 0 Å². The van der Waals surface area contributed by atoms with Gasteiger partial charge in [-0.15, -0.1) is 0 Å². The minimum atomic E-state index is -0.484. The zero-order chi connectivity index (χ0) is 23.8. The number of nitrogens with one attached hydrogen (secondary N) is 4. The first-order chi connectivity index (χ1) is 15.8. The Kier molecular flexibility index (Phi) is 7.75. The number of benzene rings is 3. The Bertz CT molecular complexity index is 1150. The molecule has 0 aromatic heterocycles. The quantitative estimate of drug-likeness (QED) is 0.427. The Hall–Kier alpha value is -4.20. The van der Waals surface area contributed by atoms with Gasteiger partial charge < -0.3 is 21.3 Å². The molecule has 33 heavy (non-hydrogen) atoms. The lowest BCUT2D eigenvalue weighted by Crippen LogP contribution is -2.34. The summed E-state index contributed by atoms with van der Waals surface area (Å²) in [7, 11) is 0. The predicted molar refractivity (Wildman–Crippen MR) is 126 cm³/mol. The van der Waals surface area contributed by atoms with Crippen LogP contribution in [0.25, 0.3) is 0 Å². The summed E-state index contributed by atoms with van der Waals surface area (Å²) in [5, 5.41) is 11.0. The fourth-order valence-electron chi connectivity index (χ4n) is 3.01. The number of hydrogen-bond donors (Lipinski definition) is 4. The van der Waals surface area contributed by atoms with Crippen molar-refractivity contribution in [3.05, 3.63) is 95.3 Å². The van der Waals surface area contributed by atoms with Crippen LogP contribution in [0.5, 0.6) is 0 Å². The first-order valence-electron chi connectivity index (χ1n) is 10.4. The molecule has 0 aliphatic carbocycles. The monoisotopic (exact) mass is 448 g/mol. The summed E-state index contributed by atoms with van der Waals surface area (Å²) in [5.41, 5.74) is 2.55. The maximum absolute atomic E-state index is 13.3. The van der Waals surface area contributed by atoms with Gasteiger partial charge in [0, 0.05) is 35.1 Å².